The van der Waals surface area contributed by atoms with Crippen LogP contribution in [0.3, 0.4) is 0 Å². The lowest BCUT2D eigenvalue weighted by atomic mass is 9.69. The topological polar surface area (TPSA) is 9.23 Å². The quantitative estimate of drug-likeness (QED) is 0.126. The molecule has 388 valence electrons. The van der Waals surface area contributed by atoms with E-state index < -0.39 is 0 Å². The lowest BCUT2D eigenvalue weighted by molar-refractivity contribution is 0.418. The van der Waals surface area contributed by atoms with Crippen LogP contribution in [0.1, 0.15) is 99.9 Å². The molecule has 0 bridgehead atoms. The molecule has 0 saturated carbocycles. The molecule has 80 heavy (non-hydrogen) atoms. The Morgan fingerprint density at radius 3 is 0.912 bits per heavy atom. The molecule has 0 amide bonds. The van der Waals surface area contributed by atoms with E-state index in [9.17, 15) is 0 Å². The van der Waals surface area contributed by atoms with Crippen LogP contribution in [0.2, 0.25) is 0 Å². The standard InChI is InChI=1S/C79H66O/c1-43-37-65(45(3)35-63(43)51-31-33-61-57-25-15-21-47-19-13-23-55(71(47)57)59-29-17-27-53(51)73(59)61)67-39-49(77(5,6)7)41-69-75(67)80-76-68(40-50(78(8,9)10)42-70(76)79(69,11)12)66-38-44(2)64(36-46(66)4)52-32-34-62-58-26-16-22-48-20-14-24-56(72(48)58)60-30-18-28-54(52)74(60)62/h13-42H,1-12H3. The van der Waals surface area contributed by atoms with Crippen molar-refractivity contribution in [2.45, 2.75) is 99.3 Å². The van der Waals surface area contributed by atoms with Gasteiger partial charge in [-0.2, -0.15) is 0 Å². The van der Waals surface area contributed by atoms with Gasteiger partial charge in [-0.05, 0) is 204 Å². The fourth-order valence-electron chi connectivity index (χ4n) is 14.5. The Kier molecular flexibility index (Phi) is 10.2. The second-order valence-corrected chi connectivity index (χ2v) is 26.2. The average molecular weight is 1030 g/mol. The van der Waals surface area contributed by atoms with E-state index in [1.165, 1.54) is 164 Å². The molecule has 1 heteroatoms. The monoisotopic (exact) mass is 1030 g/mol. The second kappa shape index (κ2) is 16.8. The van der Waals surface area contributed by atoms with Crippen molar-refractivity contribution in [3.05, 3.63) is 226 Å². The van der Waals surface area contributed by atoms with E-state index in [1.54, 1.807) is 0 Å². The van der Waals surface area contributed by atoms with E-state index in [0.717, 1.165) is 22.6 Å². The molecule has 0 saturated heterocycles. The third kappa shape index (κ3) is 6.89. The minimum absolute atomic E-state index is 0.104. The smallest absolute Gasteiger partial charge is 0.139 e. The first-order valence-corrected chi connectivity index (χ1v) is 28.8. The number of aryl methyl sites for hydroxylation is 4. The van der Waals surface area contributed by atoms with Crippen LogP contribution in [0.5, 0.6) is 11.5 Å². The van der Waals surface area contributed by atoms with Gasteiger partial charge < -0.3 is 4.74 Å². The Bertz CT molecular complexity index is 4570. The van der Waals surface area contributed by atoms with Gasteiger partial charge in [0, 0.05) is 27.7 Å². The molecule has 14 aromatic carbocycles. The third-order valence-corrected chi connectivity index (χ3v) is 18.8. The van der Waals surface area contributed by atoms with Gasteiger partial charge in [-0.3, -0.25) is 0 Å². The second-order valence-electron chi connectivity index (χ2n) is 26.2. The summed E-state index contributed by atoms with van der Waals surface area (Å²) in [5, 5.41) is 21.1. The van der Waals surface area contributed by atoms with Crippen molar-refractivity contribution in [2.75, 3.05) is 0 Å². The van der Waals surface area contributed by atoms with E-state index in [0.29, 0.717) is 0 Å². The lowest BCUT2D eigenvalue weighted by Gasteiger charge is -2.39. The molecule has 1 aliphatic heterocycles. The number of fused-ring (bicyclic) bond motifs is 6. The molecule has 0 aliphatic carbocycles. The van der Waals surface area contributed by atoms with Gasteiger partial charge in [-0.25, -0.2) is 0 Å². The van der Waals surface area contributed by atoms with Gasteiger partial charge in [0.1, 0.15) is 11.5 Å². The molecule has 0 N–H and O–H groups in total. The maximum absolute atomic E-state index is 7.75. The first-order valence-electron chi connectivity index (χ1n) is 28.8. The Hall–Kier alpha value is -8.52. The van der Waals surface area contributed by atoms with Gasteiger partial charge in [0.05, 0.1) is 0 Å². The van der Waals surface area contributed by atoms with Crippen molar-refractivity contribution < 1.29 is 4.74 Å². The summed E-state index contributed by atoms with van der Waals surface area (Å²) >= 11 is 0. The molecular formula is C79H66O. The van der Waals surface area contributed by atoms with Crippen molar-refractivity contribution in [3.63, 3.8) is 0 Å². The zero-order valence-electron chi connectivity index (χ0n) is 48.2. The summed E-state index contributed by atoms with van der Waals surface area (Å²) in [5.41, 5.74) is 19.2. The predicted molar refractivity (Wildman–Crippen MR) is 346 cm³/mol. The van der Waals surface area contributed by atoms with Gasteiger partial charge >= 0.3 is 0 Å². The Morgan fingerprint density at radius 1 is 0.287 bits per heavy atom. The van der Waals surface area contributed by atoms with Crippen LogP contribution < -0.4 is 4.74 Å². The fourth-order valence-corrected chi connectivity index (χ4v) is 14.5. The van der Waals surface area contributed by atoms with Gasteiger partial charge in [0.15, 0.2) is 0 Å². The molecule has 14 aromatic rings. The Morgan fingerprint density at radius 2 is 0.575 bits per heavy atom. The zero-order valence-corrected chi connectivity index (χ0v) is 48.2. The summed E-state index contributed by atoms with van der Waals surface area (Å²) in [7, 11) is 0. The summed E-state index contributed by atoms with van der Waals surface area (Å²) in [5.74, 6) is 1.91. The van der Waals surface area contributed by atoms with Crippen LogP contribution in [0, 0.1) is 27.7 Å². The molecule has 1 nitrogen and oxygen atoms in total. The number of ether oxygens (including phenoxy) is 1. The first-order chi connectivity index (χ1) is 38.3. The molecule has 1 heterocycles. The summed E-state index contributed by atoms with van der Waals surface area (Å²) < 4.78 is 7.75. The average Bonchev–Trinajstić information content (AvgIpc) is 3.46. The van der Waals surface area contributed by atoms with Crippen molar-refractivity contribution in [3.8, 4) is 56.0 Å². The summed E-state index contributed by atoms with van der Waals surface area (Å²) in [6.07, 6.45) is 0. The Labute approximate surface area is 470 Å². The fraction of sp³-hybridized carbons (Fsp3) is 0.190. The van der Waals surface area contributed by atoms with E-state index in [-0.39, 0.29) is 16.2 Å². The van der Waals surface area contributed by atoms with Crippen molar-refractivity contribution in [2.24, 2.45) is 0 Å². The van der Waals surface area contributed by atoms with Gasteiger partial charge in [0.2, 0.25) is 0 Å². The molecule has 0 fully saturated rings. The number of hydrogen-bond donors (Lipinski definition) is 0. The molecule has 0 atom stereocenters. The van der Waals surface area contributed by atoms with Crippen molar-refractivity contribution in [1.29, 1.82) is 0 Å². The van der Waals surface area contributed by atoms with Crippen LogP contribution in [-0.2, 0) is 16.2 Å². The molecule has 1 aliphatic rings. The number of rotatable bonds is 4. The third-order valence-electron chi connectivity index (χ3n) is 18.8. The maximum Gasteiger partial charge on any atom is 0.139 e. The lowest BCUT2D eigenvalue weighted by Crippen LogP contribution is -2.27. The van der Waals surface area contributed by atoms with Crippen molar-refractivity contribution in [1.82, 2.24) is 0 Å². The minimum atomic E-state index is -0.390. The molecular weight excluding hydrogens is 965 g/mol. The SMILES string of the molecule is Cc1cc(-c2ccc3c4cccc5cccc(c6cccc2c63)c54)c(C)cc1-c1cc(C(C)(C)C)cc2c1Oc1c(-c3cc(C)c(-c4ccc5c6cccc7cccc(c8cccc4c85)c76)cc3C)cc(C(C)(C)C)cc1C2(C)C. The number of benzene rings is 14. The van der Waals surface area contributed by atoms with Crippen molar-refractivity contribution >= 4 is 86.2 Å². The normalized spacial score (nSPS) is 13.7. The summed E-state index contributed by atoms with van der Waals surface area (Å²) in [6.45, 7) is 28.1. The van der Waals surface area contributed by atoms with Gasteiger partial charge in [-0.1, -0.05) is 225 Å². The first kappa shape index (κ1) is 48.6. The molecule has 0 radical (unpaired) electrons. The van der Waals surface area contributed by atoms with E-state index in [1.807, 2.05) is 0 Å². The Balaban J connectivity index is 0.896. The van der Waals surface area contributed by atoms with Crippen LogP contribution in [0.25, 0.3) is 131 Å². The van der Waals surface area contributed by atoms with Gasteiger partial charge in [0.25, 0.3) is 0 Å². The maximum atomic E-state index is 7.75. The minimum Gasteiger partial charge on any atom is -0.455 e. The largest absolute Gasteiger partial charge is 0.455 e. The van der Waals surface area contributed by atoms with E-state index in [4.69, 9.17) is 4.74 Å². The van der Waals surface area contributed by atoms with Crippen LogP contribution in [0.15, 0.2) is 182 Å². The zero-order chi connectivity index (χ0) is 55.1. The summed E-state index contributed by atoms with van der Waals surface area (Å²) in [4.78, 5) is 0. The highest BCUT2D eigenvalue weighted by Crippen LogP contribution is 2.58. The summed E-state index contributed by atoms with van der Waals surface area (Å²) in [6, 6.07) is 69.9. The number of hydrogen-bond acceptors (Lipinski definition) is 1. The van der Waals surface area contributed by atoms with E-state index >= 15 is 0 Å². The highest BCUT2D eigenvalue weighted by atomic mass is 16.5. The van der Waals surface area contributed by atoms with Crippen LogP contribution >= 0.6 is 0 Å². The highest BCUT2D eigenvalue weighted by molar-refractivity contribution is 6.35. The van der Waals surface area contributed by atoms with Crippen LogP contribution in [0.4, 0.5) is 0 Å². The highest BCUT2D eigenvalue weighted by Gasteiger charge is 2.40. The predicted octanol–water partition coefficient (Wildman–Crippen LogP) is 22.7. The molecule has 15 rings (SSSR count). The van der Waals surface area contributed by atoms with Crippen LogP contribution in [-0.4, -0.2) is 0 Å². The van der Waals surface area contributed by atoms with E-state index in [2.05, 4.69) is 265 Å². The molecule has 0 unspecified atom stereocenters. The molecule has 0 spiro atoms. The molecule has 0 aromatic heterocycles. The van der Waals surface area contributed by atoms with Gasteiger partial charge in [-0.15, -0.1) is 0 Å².